The topological polar surface area (TPSA) is 57.4 Å². The minimum absolute atomic E-state index is 0.364. The van der Waals surface area contributed by atoms with Crippen LogP contribution in [0.15, 0.2) is 59.3 Å². The van der Waals surface area contributed by atoms with E-state index in [0.717, 1.165) is 38.8 Å². The van der Waals surface area contributed by atoms with Crippen LogP contribution in [-0.4, -0.2) is 28.3 Å². The molecule has 0 aliphatic carbocycles. The van der Waals surface area contributed by atoms with Crippen molar-refractivity contribution < 1.29 is 13.7 Å². The van der Waals surface area contributed by atoms with Crippen molar-refractivity contribution in [3.63, 3.8) is 0 Å². The minimum atomic E-state index is -0.406. The summed E-state index contributed by atoms with van der Waals surface area (Å²) >= 11 is 0. The molecular formula is C22H21BN2O3. The van der Waals surface area contributed by atoms with Crippen LogP contribution in [0.4, 0.5) is 0 Å². The Morgan fingerprint density at radius 1 is 0.857 bits per heavy atom. The predicted octanol–water partition coefficient (Wildman–Crippen LogP) is 4.34. The summed E-state index contributed by atoms with van der Waals surface area (Å²) in [7, 11) is -0.406. The maximum Gasteiger partial charge on any atom is 0.496 e. The fourth-order valence-electron chi connectivity index (χ4n) is 3.45. The highest BCUT2D eigenvalue weighted by Gasteiger charge is 2.51. The molecule has 0 unspecified atom stereocenters. The van der Waals surface area contributed by atoms with Gasteiger partial charge in [-0.25, -0.2) is 0 Å². The van der Waals surface area contributed by atoms with Gasteiger partial charge in [-0.1, -0.05) is 6.07 Å². The highest BCUT2D eigenvalue weighted by Crippen LogP contribution is 2.36. The van der Waals surface area contributed by atoms with Crippen molar-refractivity contribution in [2.24, 2.45) is 0 Å². The number of furan rings is 1. The van der Waals surface area contributed by atoms with Gasteiger partial charge in [0, 0.05) is 28.8 Å². The lowest BCUT2D eigenvalue weighted by Gasteiger charge is -2.32. The van der Waals surface area contributed by atoms with E-state index in [2.05, 4.69) is 16.0 Å². The summed E-state index contributed by atoms with van der Waals surface area (Å²) in [6.45, 7) is 8.20. The zero-order valence-corrected chi connectivity index (χ0v) is 16.4. The first-order valence-corrected chi connectivity index (χ1v) is 9.43. The van der Waals surface area contributed by atoms with Crippen LogP contribution in [0.3, 0.4) is 0 Å². The Balaban J connectivity index is 1.48. The molecule has 5 nitrogen and oxygen atoms in total. The van der Waals surface area contributed by atoms with Crippen LogP contribution in [0, 0.1) is 0 Å². The maximum absolute atomic E-state index is 6.11. The smallest absolute Gasteiger partial charge is 0.454 e. The van der Waals surface area contributed by atoms with Crippen LogP contribution >= 0.6 is 0 Å². The van der Waals surface area contributed by atoms with E-state index in [1.165, 1.54) is 0 Å². The van der Waals surface area contributed by atoms with Gasteiger partial charge in [-0.15, -0.1) is 0 Å². The average Bonchev–Trinajstić information content (AvgIpc) is 3.15. The van der Waals surface area contributed by atoms with Crippen molar-refractivity contribution in [1.82, 2.24) is 9.97 Å². The standard InChI is InChI=1S/C22H21BN2O3/c1-21(2)22(3,4)28-23(27-21)15-8-9-17(25-13-15)14-7-10-18-16(12-14)20-19(26-18)6-5-11-24-20/h5-13H,1-4H3. The Hall–Kier alpha value is -2.70. The van der Waals surface area contributed by atoms with E-state index in [1.54, 1.807) is 6.20 Å². The van der Waals surface area contributed by atoms with Crippen LogP contribution < -0.4 is 5.46 Å². The monoisotopic (exact) mass is 372 g/mol. The van der Waals surface area contributed by atoms with Crippen molar-refractivity contribution in [3.8, 4) is 11.3 Å². The van der Waals surface area contributed by atoms with E-state index in [4.69, 9.17) is 13.7 Å². The van der Waals surface area contributed by atoms with Crippen molar-refractivity contribution in [2.45, 2.75) is 38.9 Å². The largest absolute Gasteiger partial charge is 0.496 e. The highest BCUT2D eigenvalue weighted by atomic mass is 16.7. The minimum Gasteiger partial charge on any atom is -0.454 e. The Morgan fingerprint density at radius 2 is 1.64 bits per heavy atom. The number of benzene rings is 1. The Kier molecular flexibility index (Phi) is 3.67. The quantitative estimate of drug-likeness (QED) is 0.490. The molecule has 0 spiro atoms. The van der Waals surface area contributed by atoms with Gasteiger partial charge in [0.25, 0.3) is 0 Å². The van der Waals surface area contributed by atoms with Gasteiger partial charge < -0.3 is 13.7 Å². The number of pyridine rings is 2. The van der Waals surface area contributed by atoms with Crippen molar-refractivity contribution in [3.05, 3.63) is 54.9 Å². The molecule has 1 aromatic carbocycles. The molecule has 1 fully saturated rings. The van der Waals surface area contributed by atoms with Gasteiger partial charge in [-0.2, -0.15) is 0 Å². The van der Waals surface area contributed by atoms with Crippen molar-refractivity contribution >= 4 is 34.7 Å². The normalized spacial score (nSPS) is 18.2. The van der Waals surface area contributed by atoms with E-state index in [9.17, 15) is 0 Å². The van der Waals surface area contributed by atoms with Gasteiger partial charge in [0.15, 0.2) is 5.58 Å². The molecule has 140 valence electrons. The van der Waals surface area contributed by atoms with Crippen LogP contribution in [0.25, 0.3) is 33.3 Å². The summed E-state index contributed by atoms with van der Waals surface area (Å²) in [6, 6.07) is 13.9. The molecule has 4 aromatic rings. The van der Waals surface area contributed by atoms with Gasteiger partial charge in [0.05, 0.1) is 16.9 Å². The average molecular weight is 372 g/mol. The molecule has 0 N–H and O–H groups in total. The van der Waals surface area contributed by atoms with Gasteiger partial charge in [-0.05, 0) is 64.1 Å². The summed E-state index contributed by atoms with van der Waals surface area (Å²) < 4.78 is 18.1. The van der Waals surface area contributed by atoms with E-state index in [0.29, 0.717) is 0 Å². The zero-order valence-electron chi connectivity index (χ0n) is 16.4. The lowest BCUT2D eigenvalue weighted by molar-refractivity contribution is 0.00578. The molecular weight excluding hydrogens is 351 g/mol. The van der Waals surface area contributed by atoms with Crippen LogP contribution in [-0.2, 0) is 9.31 Å². The SMILES string of the molecule is CC1(C)OB(c2ccc(-c3ccc4oc5cccnc5c4c3)nc2)OC1(C)C. The number of fused-ring (bicyclic) bond motifs is 3. The molecule has 5 rings (SSSR count). The number of rotatable bonds is 2. The predicted molar refractivity (Wildman–Crippen MR) is 110 cm³/mol. The second kappa shape index (κ2) is 5.90. The third kappa shape index (κ3) is 2.64. The third-order valence-electron chi connectivity index (χ3n) is 5.83. The molecule has 0 radical (unpaired) electrons. The molecule has 1 aliphatic rings. The lowest BCUT2D eigenvalue weighted by atomic mass is 9.80. The second-order valence-corrected chi connectivity index (χ2v) is 8.23. The zero-order chi connectivity index (χ0) is 19.5. The molecule has 0 saturated carbocycles. The maximum atomic E-state index is 6.11. The molecule has 28 heavy (non-hydrogen) atoms. The molecule has 1 aliphatic heterocycles. The molecule has 3 aromatic heterocycles. The van der Waals surface area contributed by atoms with E-state index < -0.39 is 7.12 Å². The van der Waals surface area contributed by atoms with Crippen LogP contribution in [0.2, 0.25) is 0 Å². The first-order chi connectivity index (χ1) is 13.3. The Bertz CT molecular complexity index is 1170. The number of hydrogen-bond donors (Lipinski definition) is 0. The van der Waals surface area contributed by atoms with Crippen molar-refractivity contribution in [2.75, 3.05) is 0 Å². The summed E-state index contributed by atoms with van der Waals surface area (Å²) in [6.07, 6.45) is 3.61. The fraction of sp³-hybridized carbons (Fsp3) is 0.273. The van der Waals surface area contributed by atoms with E-state index in [-0.39, 0.29) is 11.2 Å². The van der Waals surface area contributed by atoms with Gasteiger partial charge in [0.1, 0.15) is 11.1 Å². The Labute approximate surface area is 163 Å². The number of aromatic nitrogens is 2. The van der Waals surface area contributed by atoms with Crippen LogP contribution in [0.1, 0.15) is 27.7 Å². The van der Waals surface area contributed by atoms with Crippen molar-refractivity contribution in [1.29, 1.82) is 0 Å². The summed E-state index contributed by atoms with van der Waals surface area (Å²) in [5, 5.41) is 0.991. The lowest BCUT2D eigenvalue weighted by Crippen LogP contribution is -2.41. The Morgan fingerprint density at radius 3 is 2.36 bits per heavy atom. The van der Waals surface area contributed by atoms with Gasteiger partial charge in [0.2, 0.25) is 0 Å². The first-order valence-electron chi connectivity index (χ1n) is 9.43. The van der Waals surface area contributed by atoms with Gasteiger partial charge in [-0.3, -0.25) is 9.97 Å². The molecule has 0 amide bonds. The summed E-state index contributed by atoms with van der Waals surface area (Å²) in [4.78, 5) is 9.10. The second-order valence-electron chi connectivity index (χ2n) is 8.23. The molecule has 0 atom stereocenters. The van der Waals surface area contributed by atoms with E-state index >= 15 is 0 Å². The molecule has 4 heterocycles. The molecule has 6 heteroatoms. The number of nitrogens with zero attached hydrogens (tertiary/aromatic N) is 2. The van der Waals surface area contributed by atoms with Gasteiger partial charge >= 0.3 is 7.12 Å². The van der Waals surface area contributed by atoms with Crippen LogP contribution in [0.5, 0.6) is 0 Å². The first kappa shape index (κ1) is 17.4. The summed E-state index contributed by atoms with van der Waals surface area (Å²) in [5.41, 5.74) is 4.57. The third-order valence-corrected chi connectivity index (χ3v) is 5.83. The highest BCUT2D eigenvalue weighted by molar-refractivity contribution is 6.62. The number of hydrogen-bond acceptors (Lipinski definition) is 5. The molecule has 0 bridgehead atoms. The van der Waals surface area contributed by atoms with E-state index in [1.807, 2.05) is 70.3 Å². The fourth-order valence-corrected chi connectivity index (χ4v) is 3.45. The molecule has 1 saturated heterocycles. The summed E-state index contributed by atoms with van der Waals surface area (Å²) in [5.74, 6) is 0.